The van der Waals surface area contributed by atoms with Crippen molar-refractivity contribution in [3.8, 4) is 5.75 Å². The van der Waals surface area contributed by atoms with E-state index in [2.05, 4.69) is 15.3 Å². The van der Waals surface area contributed by atoms with Gasteiger partial charge in [0, 0.05) is 17.1 Å². The summed E-state index contributed by atoms with van der Waals surface area (Å²) in [5, 5.41) is 3.33. The van der Waals surface area contributed by atoms with Crippen LogP contribution in [-0.2, 0) is 0 Å². The monoisotopic (exact) mass is 310 g/mol. The van der Waals surface area contributed by atoms with Crippen LogP contribution < -0.4 is 15.8 Å². The Morgan fingerprint density at radius 3 is 2.61 bits per heavy atom. The number of ether oxygens (including phenoxy) is 1. The van der Waals surface area contributed by atoms with E-state index < -0.39 is 5.91 Å². The van der Waals surface area contributed by atoms with Crippen LogP contribution in [0.2, 0.25) is 0 Å². The van der Waals surface area contributed by atoms with E-state index in [1.165, 1.54) is 0 Å². The Morgan fingerprint density at radius 2 is 1.96 bits per heavy atom. The van der Waals surface area contributed by atoms with Crippen LogP contribution in [0.5, 0.6) is 5.75 Å². The van der Waals surface area contributed by atoms with Crippen LogP contribution in [0.3, 0.4) is 0 Å². The molecular formula is C16H14N4O3. The number of carbonyl (C=O) groups is 2. The van der Waals surface area contributed by atoms with Crippen molar-refractivity contribution in [3.63, 3.8) is 0 Å². The molecule has 7 nitrogen and oxygen atoms in total. The summed E-state index contributed by atoms with van der Waals surface area (Å²) in [7, 11) is 1.55. The van der Waals surface area contributed by atoms with Crippen molar-refractivity contribution >= 4 is 28.5 Å². The van der Waals surface area contributed by atoms with Gasteiger partial charge in [0.15, 0.2) is 0 Å². The van der Waals surface area contributed by atoms with E-state index in [1.807, 2.05) is 0 Å². The summed E-state index contributed by atoms with van der Waals surface area (Å²) in [5.74, 6) is -0.386. The molecule has 2 heterocycles. The number of nitrogens with two attached hydrogens (primary N) is 1. The molecule has 0 saturated heterocycles. The molecule has 3 rings (SSSR count). The molecule has 0 spiro atoms. The van der Waals surface area contributed by atoms with Crippen LogP contribution in [0, 0.1) is 0 Å². The number of aromatic nitrogens is 2. The van der Waals surface area contributed by atoms with Crippen LogP contribution in [-0.4, -0.2) is 28.9 Å². The highest BCUT2D eigenvalue weighted by molar-refractivity contribution is 6.14. The van der Waals surface area contributed by atoms with E-state index in [0.29, 0.717) is 28.0 Å². The summed E-state index contributed by atoms with van der Waals surface area (Å²) >= 11 is 0. The van der Waals surface area contributed by atoms with Gasteiger partial charge in [-0.15, -0.1) is 0 Å². The zero-order valence-electron chi connectivity index (χ0n) is 12.3. The number of carbonyl (C=O) groups excluding carboxylic acids is 2. The predicted octanol–water partition coefficient (Wildman–Crippen LogP) is 1.92. The largest absolute Gasteiger partial charge is 0.497 e. The summed E-state index contributed by atoms with van der Waals surface area (Å²) in [4.78, 5) is 30.9. The second-order valence-corrected chi connectivity index (χ2v) is 4.82. The van der Waals surface area contributed by atoms with Crippen molar-refractivity contribution in [1.82, 2.24) is 9.97 Å². The number of rotatable bonds is 4. The van der Waals surface area contributed by atoms with Crippen LogP contribution >= 0.6 is 0 Å². The molecule has 7 heteroatoms. The van der Waals surface area contributed by atoms with Crippen molar-refractivity contribution in [3.05, 3.63) is 53.9 Å². The highest BCUT2D eigenvalue weighted by Crippen LogP contribution is 2.26. The van der Waals surface area contributed by atoms with Gasteiger partial charge in [0.05, 0.1) is 12.8 Å². The van der Waals surface area contributed by atoms with Crippen molar-refractivity contribution < 1.29 is 14.3 Å². The molecule has 3 aromatic rings. The Labute approximate surface area is 131 Å². The highest BCUT2D eigenvalue weighted by atomic mass is 16.5. The van der Waals surface area contributed by atoms with Gasteiger partial charge in [0.25, 0.3) is 11.8 Å². The van der Waals surface area contributed by atoms with Gasteiger partial charge < -0.3 is 20.8 Å². The Balaban J connectivity index is 1.98. The van der Waals surface area contributed by atoms with E-state index in [9.17, 15) is 9.59 Å². The quantitative estimate of drug-likeness (QED) is 0.683. The lowest BCUT2D eigenvalue weighted by Gasteiger charge is -2.06. The minimum absolute atomic E-state index is 0.112. The number of anilines is 1. The van der Waals surface area contributed by atoms with Gasteiger partial charge in [0.1, 0.15) is 17.1 Å². The zero-order chi connectivity index (χ0) is 16.4. The SMILES string of the molecule is COc1ccc(C(=O)Nc2c(C(N)=O)[nH]c3ncccc23)cc1. The standard InChI is InChI=1S/C16H14N4O3/c1-23-10-6-4-9(5-7-10)16(22)20-12-11-3-2-8-18-15(11)19-13(12)14(17)21/h2-8H,1H3,(H2,17,21)(H,18,19)(H,20,22). The third kappa shape index (κ3) is 2.71. The van der Waals surface area contributed by atoms with E-state index in [0.717, 1.165) is 0 Å². The van der Waals surface area contributed by atoms with E-state index in [4.69, 9.17) is 10.5 Å². The lowest BCUT2D eigenvalue weighted by molar-refractivity contribution is 0.0997. The number of H-pyrrole nitrogens is 1. The zero-order valence-corrected chi connectivity index (χ0v) is 12.3. The average Bonchev–Trinajstić information content (AvgIpc) is 2.94. The van der Waals surface area contributed by atoms with Crippen molar-refractivity contribution in [2.45, 2.75) is 0 Å². The molecule has 2 aromatic heterocycles. The van der Waals surface area contributed by atoms with E-state index in [-0.39, 0.29) is 11.6 Å². The number of fused-ring (bicyclic) bond motifs is 1. The van der Waals surface area contributed by atoms with Crippen molar-refractivity contribution in [1.29, 1.82) is 0 Å². The molecule has 0 radical (unpaired) electrons. The average molecular weight is 310 g/mol. The first-order chi connectivity index (χ1) is 11.1. The highest BCUT2D eigenvalue weighted by Gasteiger charge is 2.18. The van der Waals surface area contributed by atoms with Gasteiger partial charge in [-0.25, -0.2) is 4.98 Å². The number of hydrogen-bond acceptors (Lipinski definition) is 4. The maximum atomic E-state index is 12.4. The lowest BCUT2D eigenvalue weighted by Crippen LogP contribution is -2.17. The molecule has 0 aliphatic carbocycles. The molecule has 2 amide bonds. The molecule has 0 saturated carbocycles. The summed E-state index contributed by atoms with van der Waals surface area (Å²) in [5.41, 5.74) is 6.71. The van der Waals surface area contributed by atoms with Crippen LogP contribution in [0.1, 0.15) is 20.8 Å². The lowest BCUT2D eigenvalue weighted by atomic mass is 10.2. The van der Waals surface area contributed by atoms with Gasteiger partial charge in [0.2, 0.25) is 0 Å². The summed E-state index contributed by atoms with van der Waals surface area (Å²) in [6.07, 6.45) is 1.58. The van der Waals surface area contributed by atoms with Crippen LogP contribution in [0.4, 0.5) is 5.69 Å². The Bertz CT molecular complexity index is 884. The number of aromatic amines is 1. The molecule has 116 valence electrons. The normalized spacial score (nSPS) is 10.5. The molecule has 0 fully saturated rings. The Kier molecular flexibility index (Phi) is 3.68. The number of amides is 2. The first kappa shape index (κ1) is 14.6. The van der Waals surface area contributed by atoms with Gasteiger partial charge in [-0.1, -0.05) is 0 Å². The summed E-state index contributed by atoms with van der Waals surface area (Å²) in [6.45, 7) is 0. The summed E-state index contributed by atoms with van der Waals surface area (Å²) < 4.78 is 5.06. The number of methoxy groups -OCH3 is 1. The van der Waals surface area contributed by atoms with Gasteiger partial charge in [-0.2, -0.15) is 0 Å². The first-order valence-corrected chi connectivity index (χ1v) is 6.82. The van der Waals surface area contributed by atoms with Gasteiger partial charge >= 0.3 is 0 Å². The first-order valence-electron chi connectivity index (χ1n) is 6.82. The maximum absolute atomic E-state index is 12.4. The molecule has 0 aliphatic heterocycles. The number of benzene rings is 1. The van der Waals surface area contributed by atoms with Crippen molar-refractivity contribution in [2.24, 2.45) is 5.73 Å². The molecule has 0 aliphatic rings. The predicted molar refractivity (Wildman–Crippen MR) is 85.6 cm³/mol. The minimum Gasteiger partial charge on any atom is -0.497 e. The Hall–Kier alpha value is -3.35. The number of nitrogens with one attached hydrogen (secondary N) is 2. The fraction of sp³-hybridized carbons (Fsp3) is 0.0625. The molecular weight excluding hydrogens is 296 g/mol. The minimum atomic E-state index is -0.673. The summed E-state index contributed by atoms with van der Waals surface area (Å²) in [6, 6.07) is 10.1. The second-order valence-electron chi connectivity index (χ2n) is 4.82. The fourth-order valence-electron chi connectivity index (χ4n) is 2.26. The smallest absolute Gasteiger partial charge is 0.267 e. The Morgan fingerprint density at radius 1 is 1.22 bits per heavy atom. The van der Waals surface area contributed by atoms with Gasteiger partial charge in [-0.3, -0.25) is 9.59 Å². The van der Waals surface area contributed by atoms with Crippen LogP contribution in [0.25, 0.3) is 11.0 Å². The molecule has 1 aromatic carbocycles. The third-order valence-corrected chi connectivity index (χ3v) is 3.41. The molecule has 23 heavy (non-hydrogen) atoms. The number of nitrogens with zero attached hydrogens (tertiary/aromatic N) is 1. The number of pyridine rings is 1. The molecule has 4 N–H and O–H groups in total. The topological polar surface area (TPSA) is 110 Å². The van der Waals surface area contributed by atoms with E-state index in [1.54, 1.807) is 49.7 Å². The van der Waals surface area contributed by atoms with Crippen molar-refractivity contribution in [2.75, 3.05) is 12.4 Å². The molecule has 0 bridgehead atoms. The number of hydrogen-bond donors (Lipinski definition) is 3. The van der Waals surface area contributed by atoms with Gasteiger partial charge in [-0.05, 0) is 36.4 Å². The van der Waals surface area contributed by atoms with E-state index >= 15 is 0 Å². The number of primary amides is 1. The third-order valence-electron chi connectivity index (χ3n) is 3.41. The second kappa shape index (κ2) is 5.80. The van der Waals surface area contributed by atoms with Crippen LogP contribution in [0.15, 0.2) is 42.6 Å². The molecule has 0 unspecified atom stereocenters. The fourth-order valence-corrected chi connectivity index (χ4v) is 2.26. The maximum Gasteiger partial charge on any atom is 0.267 e. The molecule has 0 atom stereocenters.